The highest BCUT2D eigenvalue weighted by molar-refractivity contribution is 5.95. The van der Waals surface area contributed by atoms with Gasteiger partial charge in [0, 0.05) is 32.0 Å². The van der Waals surface area contributed by atoms with Crippen LogP contribution in [0.15, 0.2) is 18.2 Å². The number of anilines is 2. The summed E-state index contributed by atoms with van der Waals surface area (Å²) in [4.78, 5) is 14.6. The first-order valence-corrected chi connectivity index (χ1v) is 7.22. The third-order valence-electron chi connectivity index (χ3n) is 4.09. The molecule has 2 N–H and O–H groups in total. The molecular weight excluding hydrogens is 250 g/mol. The van der Waals surface area contributed by atoms with Crippen LogP contribution in [0.5, 0.6) is 0 Å². The Balaban J connectivity index is 2.13. The first-order valence-electron chi connectivity index (χ1n) is 7.22. The Kier molecular flexibility index (Phi) is 4.33. The van der Waals surface area contributed by atoms with Crippen LogP contribution in [0, 0.1) is 12.3 Å². The molecule has 2 rings (SSSR count). The van der Waals surface area contributed by atoms with Crippen molar-refractivity contribution in [3.8, 4) is 0 Å². The van der Waals surface area contributed by atoms with Gasteiger partial charge < -0.3 is 15.5 Å². The number of rotatable bonds is 3. The lowest BCUT2D eigenvalue weighted by atomic mass is 9.82. The minimum atomic E-state index is -0.304. The maximum atomic E-state index is 12.5. The van der Waals surface area contributed by atoms with Gasteiger partial charge in [0.05, 0.1) is 5.41 Å². The second-order valence-electron chi connectivity index (χ2n) is 6.19. The lowest BCUT2D eigenvalue weighted by Crippen LogP contribution is -2.46. The van der Waals surface area contributed by atoms with E-state index in [9.17, 15) is 4.79 Å². The van der Waals surface area contributed by atoms with Gasteiger partial charge in [-0.2, -0.15) is 0 Å². The summed E-state index contributed by atoms with van der Waals surface area (Å²) < 4.78 is 0. The van der Waals surface area contributed by atoms with Crippen molar-refractivity contribution in [1.29, 1.82) is 0 Å². The molecule has 1 atom stereocenters. The maximum Gasteiger partial charge on any atom is 0.231 e. The molecule has 1 aromatic rings. The summed E-state index contributed by atoms with van der Waals surface area (Å²) in [6, 6.07) is 6.05. The average Bonchev–Trinajstić information content (AvgIpc) is 2.41. The number of nitrogens with zero attached hydrogens (tertiary/aromatic N) is 1. The first-order chi connectivity index (χ1) is 9.42. The molecule has 1 unspecified atom stereocenters. The van der Waals surface area contributed by atoms with Gasteiger partial charge >= 0.3 is 0 Å². The molecule has 0 aliphatic carbocycles. The van der Waals surface area contributed by atoms with Gasteiger partial charge in [0.2, 0.25) is 5.91 Å². The van der Waals surface area contributed by atoms with Crippen LogP contribution in [-0.2, 0) is 4.79 Å². The maximum absolute atomic E-state index is 12.5. The summed E-state index contributed by atoms with van der Waals surface area (Å²) in [5.41, 5.74) is 2.91. The van der Waals surface area contributed by atoms with Crippen LogP contribution in [0.1, 0.15) is 25.3 Å². The highest BCUT2D eigenvalue weighted by Gasteiger charge is 2.34. The number of hydrogen-bond acceptors (Lipinski definition) is 3. The van der Waals surface area contributed by atoms with Crippen LogP contribution in [-0.4, -0.2) is 33.1 Å². The van der Waals surface area contributed by atoms with Crippen molar-refractivity contribution in [3.63, 3.8) is 0 Å². The van der Waals surface area contributed by atoms with Gasteiger partial charge in [-0.1, -0.05) is 6.07 Å². The molecule has 0 spiro atoms. The number of nitrogens with one attached hydrogen (secondary N) is 2. The third kappa shape index (κ3) is 3.12. The van der Waals surface area contributed by atoms with Crippen molar-refractivity contribution in [3.05, 3.63) is 23.8 Å². The zero-order valence-electron chi connectivity index (χ0n) is 12.9. The molecule has 1 amide bonds. The third-order valence-corrected chi connectivity index (χ3v) is 4.09. The molecular formula is C16H25N3O. The Morgan fingerprint density at radius 3 is 2.75 bits per heavy atom. The summed E-state index contributed by atoms with van der Waals surface area (Å²) in [5, 5.41) is 6.38. The minimum absolute atomic E-state index is 0.109. The molecule has 0 bridgehead atoms. The molecule has 1 saturated heterocycles. The van der Waals surface area contributed by atoms with Gasteiger partial charge in [-0.25, -0.2) is 0 Å². The fraction of sp³-hybridized carbons (Fsp3) is 0.562. The molecule has 0 saturated carbocycles. The van der Waals surface area contributed by atoms with Crippen molar-refractivity contribution in [2.75, 3.05) is 37.4 Å². The highest BCUT2D eigenvalue weighted by Crippen LogP contribution is 2.28. The molecule has 4 heteroatoms. The van der Waals surface area contributed by atoms with Crippen LogP contribution in [0.4, 0.5) is 11.4 Å². The first kappa shape index (κ1) is 14.9. The standard InChI is InChI=1S/C16H25N3O/c1-12-6-7-13(10-14(12)19(3)4)18-15(20)16(2)8-5-9-17-11-16/h6-7,10,17H,5,8-9,11H2,1-4H3,(H,18,20). The van der Waals surface area contributed by atoms with Crippen molar-refractivity contribution >= 4 is 17.3 Å². The fourth-order valence-electron chi connectivity index (χ4n) is 2.70. The SMILES string of the molecule is Cc1ccc(NC(=O)C2(C)CCCNC2)cc1N(C)C. The minimum Gasteiger partial charge on any atom is -0.377 e. The van der Waals surface area contributed by atoms with E-state index in [0.717, 1.165) is 37.3 Å². The van der Waals surface area contributed by atoms with Gasteiger partial charge in [0.15, 0.2) is 0 Å². The quantitative estimate of drug-likeness (QED) is 0.890. The van der Waals surface area contributed by atoms with Gasteiger partial charge in [0.1, 0.15) is 0 Å². The van der Waals surface area contributed by atoms with Gasteiger partial charge in [-0.05, 0) is 50.9 Å². The summed E-state index contributed by atoms with van der Waals surface area (Å²) in [7, 11) is 4.03. The van der Waals surface area contributed by atoms with E-state index in [1.165, 1.54) is 5.56 Å². The highest BCUT2D eigenvalue weighted by atomic mass is 16.2. The summed E-state index contributed by atoms with van der Waals surface area (Å²) >= 11 is 0. The molecule has 1 aliphatic rings. The van der Waals surface area contributed by atoms with E-state index in [2.05, 4.69) is 22.5 Å². The second kappa shape index (κ2) is 5.83. The molecule has 1 fully saturated rings. The van der Waals surface area contributed by atoms with Crippen molar-refractivity contribution in [2.24, 2.45) is 5.41 Å². The molecule has 1 heterocycles. The normalized spacial score (nSPS) is 22.4. The molecule has 1 aliphatic heterocycles. The van der Waals surface area contributed by atoms with Crippen molar-refractivity contribution in [2.45, 2.75) is 26.7 Å². The van der Waals surface area contributed by atoms with Crippen LogP contribution >= 0.6 is 0 Å². The lowest BCUT2D eigenvalue weighted by Gasteiger charge is -2.32. The van der Waals surface area contributed by atoms with Crippen LogP contribution < -0.4 is 15.5 Å². The van der Waals surface area contributed by atoms with Crippen LogP contribution in [0.2, 0.25) is 0 Å². The van der Waals surface area contributed by atoms with Gasteiger partial charge in [0.25, 0.3) is 0 Å². The Labute approximate surface area is 121 Å². The number of carbonyl (C=O) groups is 1. The Morgan fingerprint density at radius 1 is 1.40 bits per heavy atom. The number of carbonyl (C=O) groups excluding carboxylic acids is 1. The van der Waals surface area contributed by atoms with E-state index in [0.29, 0.717) is 0 Å². The number of amides is 1. The second-order valence-corrected chi connectivity index (χ2v) is 6.19. The summed E-state index contributed by atoms with van der Waals surface area (Å²) in [6.07, 6.45) is 2.00. The Hall–Kier alpha value is -1.55. The van der Waals surface area contributed by atoms with Gasteiger partial charge in [-0.3, -0.25) is 4.79 Å². The largest absolute Gasteiger partial charge is 0.377 e. The molecule has 110 valence electrons. The van der Waals surface area contributed by atoms with Crippen LogP contribution in [0.25, 0.3) is 0 Å². The summed E-state index contributed by atoms with van der Waals surface area (Å²) in [6.45, 7) is 5.88. The van der Waals surface area contributed by atoms with E-state index < -0.39 is 0 Å². The average molecular weight is 275 g/mol. The molecule has 4 nitrogen and oxygen atoms in total. The van der Waals surface area contributed by atoms with E-state index in [-0.39, 0.29) is 11.3 Å². The van der Waals surface area contributed by atoms with Crippen molar-refractivity contribution < 1.29 is 4.79 Å². The topological polar surface area (TPSA) is 44.4 Å². The fourth-order valence-corrected chi connectivity index (χ4v) is 2.70. The smallest absolute Gasteiger partial charge is 0.231 e. The number of benzene rings is 1. The van der Waals surface area contributed by atoms with E-state index in [4.69, 9.17) is 0 Å². The Morgan fingerprint density at radius 2 is 2.15 bits per heavy atom. The predicted octanol–water partition coefficient (Wildman–Crippen LogP) is 2.39. The zero-order valence-corrected chi connectivity index (χ0v) is 12.9. The van der Waals surface area contributed by atoms with Crippen LogP contribution in [0.3, 0.4) is 0 Å². The van der Waals surface area contributed by atoms with E-state index in [1.807, 2.05) is 39.2 Å². The van der Waals surface area contributed by atoms with Gasteiger partial charge in [-0.15, -0.1) is 0 Å². The monoisotopic (exact) mass is 275 g/mol. The molecule has 1 aromatic carbocycles. The van der Waals surface area contributed by atoms with Crippen molar-refractivity contribution in [1.82, 2.24) is 5.32 Å². The molecule has 0 radical (unpaired) electrons. The van der Waals surface area contributed by atoms with E-state index >= 15 is 0 Å². The molecule has 0 aromatic heterocycles. The number of piperidine rings is 1. The lowest BCUT2D eigenvalue weighted by molar-refractivity contribution is -0.125. The van der Waals surface area contributed by atoms with E-state index in [1.54, 1.807) is 0 Å². The summed E-state index contributed by atoms with van der Waals surface area (Å²) in [5.74, 6) is 0.109. The molecule has 20 heavy (non-hydrogen) atoms. The predicted molar refractivity (Wildman–Crippen MR) is 84.3 cm³/mol. The number of hydrogen-bond donors (Lipinski definition) is 2. The Bertz CT molecular complexity index is 490. The number of aryl methyl sites for hydroxylation is 1. The zero-order chi connectivity index (χ0) is 14.8.